The van der Waals surface area contributed by atoms with Gasteiger partial charge in [-0.05, 0) is 34.5 Å². The highest BCUT2D eigenvalue weighted by molar-refractivity contribution is 9.10. The number of nitrogens with zero attached hydrogens (tertiary/aromatic N) is 1. The van der Waals surface area contributed by atoms with Crippen molar-refractivity contribution in [2.75, 3.05) is 5.32 Å². The maximum absolute atomic E-state index is 13.0. The molecule has 0 aliphatic rings. The second-order valence-electron chi connectivity index (χ2n) is 3.12. The fraction of sp³-hybridized carbons (Fsp3) is 0.400. The summed E-state index contributed by atoms with van der Waals surface area (Å²) >= 11 is 2.99. The van der Waals surface area contributed by atoms with E-state index in [0.717, 1.165) is 12.8 Å². The van der Waals surface area contributed by atoms with Gasteiger partial charge in [0.2, 0.25) is 11.9 Å². The highest BCUT2D eigenvalue weighted by Crippen LogP contribution is 2.15. The third kappa shape index (κ3) is 3.95. The molecule has 1 heterocycles. The smallest absolute Gasteiger partial charge is 0.229 e. The average molecular weight is 275 g/mol. The molecule has 1 N–H and O–H groups in total. The molecule has 1 aromatic rings. The summed E-state index contributed by atoms with van der Waals surface area (Å²) in [5, 5.41) is 2.53. The molecule has 82 valence electrons. The van der Waals surface area contributed by atoms with Crippen LogP contribution in [0.4, 0.5) is 10.2 Å². The minimum absolute atomic E-state index is 0.133. The van der Waals surface area contributed by atoms with E-state index in [-0.39, 0.29) is 16.2 Å². The molecule has 5 heteroatoms. The largest absolute Gasteiger partial charge is 0.311 e. The number of amides is 1. The zero-order valence-corrected chi connectivity index (χ0v) is 9.97. The molecule has 0 saturated carbocycles. The Kier molecular flexibility index (Phi) is 4.68. The van der Waals surface area contributed by atoms with Crippen LogP contribution < -0.4 is 5.32 Å². The zero-order chi connectivity index (χ0) is 11.3. The molecule has 0 aliphatic carbocycles. The monoisotopic (exact) mass is 274 g/mol. The first kappa shape index (κ1) is 12.1. The van der Waals surface area contributed by atoms with Crippen LogP contribution >= 0.6 is 15.9 Å². The van der Waals surface area contributed by atoms with E-state index in [9.17, 15) is 9.18 Å². The van der Waals surface area contributed by atoms with E-state index in [4.69, 9.17) is 0 Å². The van der Waals surface area contributed by atoms with E-state index in [1.165, 1.54) is 6.07 Å². The van der Waals surface area contributed by atoms with E-state index >= 15 is 0 Å². The Morgan fingerprint density at radius 1 is 1.60 bits per heavy atom. The van der Waals surface area contributed by atoms with Crippen molar-refractivity contribution in [1.29, 1.82) is 0 Å². The second-order valence-corrected chi connectivity index (χ2v) is 3.98. The van der Waals surface area contributed by atoms with Crippen molar-refractivity contribution in [2.24, 2.45) is 0 Å². The van der Waals surface area contributed by atoms with Gasteiger partial charge >= 0.3 is 0 Å². The molecule has 3 nitrogen and oxygen atoms in total. The standard InChI is InChI=1S/C10H12BrFN2O/c1-2-3-4-9(15)13-8-6-5-7(11)10(12)14-8/h5-6H,2-4H2,1H3,(H,13,14,15). The van der Waals surface area contributed by atoms with Gasteiger partial charge < -0.3 is 5.32 Å². The van der Waals surface area contributed by atoms with Gasteiger partial charge in [0.15, 0.2) is 0 Å². The van der Waals surface area contributed by atoms with Crippen molar-refractivity contribution in [3.63, 3.8) is 0 Å². The third-order valence-electron chi connectivity index (χ3n) is 1.83. The number of unbranched alkanes of at least 4 members (excludes halogenated alkanes) is 1. The number of anilines is 1. The molecular formula is C10H12BrFN2O. The van der Waals surface area contributed by atoms with Gasteiger partial charge in [0.25, 0.3) is 0 Å². The molecule has 0 saturated heterocycles. The van der Waals surface area contributed by atoms with Crippen molar-refractivity contribution in [1.82, 2.24) is 4.98 Å². The maximum Gasteiger partial charge on any atom is 0.229 e. The van der Waals surface area contributed by atoms with Gasteiger partial charge in [0.05, 0.1) is 4.47 Å². The number of carbonyl (C=O) groups excluding carboxylic acids is 1. The summed E-state index contributed by atoms with van der Waals surface area (Å²) in [6.07, 6.45) is 2.22. The molecular weight excluding hydrogens is 263 g/mol. The molecule has 0 aromatic carbocycles. The van der Waals surface area contributed by atoms with Crippen molar-refractivity contribution in [3.05, 3.63) is 22.6 Å². The van der Waals surface area contributed by atoms with Crippen LogP contribution in [0.25, 0.3) is 0 Å². The van der Waals surface area contributed by atoms with Crippen LogP contribution in [0.5, 0.6) is 0 Å². The van der Waals surface area contributed by atoms with Crippen LogP contribution in [0.1, 0.15) is 26.2 Å². The second kappa shape index (κ2) is 5.80. The first-order valence-corrected chi connectivity index (χ1v) is 5.54. The SMILES string of the molecule is CCCCC(=O)Nc1ccc(Br)c(F)n1. The lowest BCUT2D eigenvalue weighted by Crippen LogP contribution is -2.12. The normalized spacial score (nSPS) is 10.1. The quantitative estimate of drug-likeness (QED) is 0.858. The molecule has 0 aliphatic heterocycles. The van der Waals surface area contributed by atoms with Gasteiger partial charge in [-0.25, -0.2) is 4.98 Å². The summed E-state index contributed by atoms with van der Waals surface area (Å²) < 4.78 is 13.3. The van der Waals surface area contributed by atoms with Gasteiger partial charge in [-0.2, -0.15) is 4.39 Å². The van der Waals surface area contributed by atoms with Crippen LogP contribution in [0, 0.1) is 5.95 Å². The van der Waals surface area contributed by atoms with Crippen molar-refractivity contribution in [2.45, 2.75) is 26.2 Å². The van der Waals surface area contributed by atoms with Crippen LogP contribution in [-0.4, -0.2) is 10.9 Å². The summed E-state index contributed by atoms with van der Waals surface area (Å²) in [6, 6.07) is 3.06. The van der Waals surface area contributed by atoms with Gasteiger partial charge in [0, 0.05) is 6.42 Å². The topological polar surface area (TPSA) is 42.0 Å². The summed E-state index contributed by atoms with van der Waals surface area (Å²) in [4.78, 5) is 14.9. The molecule has 0 spiro atoms. The van der Waals surface area contributed by atoms with E-state index in [1.54, 1.807) is 6.07 Å². The minimum Gasteiger partial charge on any atom is -0.311 e. The molecule has 0 radical (unpaired) electrons. The molecule has 0 fully saturated rings. The Morgan fingerprint density at radius 2 is 2.33 bits per heavy atom. The molecule has 1 aromatic heterocycles. The summed E-state index contributed by atoms with van der Waals surface area (Å²) in [7, 11) is 0. The van der Waals surface area contributed by atoms with Crippen LogP contribution in [0.15, 0.2) is 16.6 Å². The van der Waals surface area contributed by atoms with Crippen molar-refractivity contribution in [3.8, 4) is 0 Å². The molecule has 1 amide bonds. The van der Waals surface area contributed by atoms with Crippen molar-refractivity contribution >= 4 is 27.7 Å². The van der Waals surface area contributed by atoms with Crippen LogP contribution in [-0.2, 0) is 4.79 Å². The Bertz CT molecular complexity index is 357. The third-order valence-corrected chi connectivity index (χ3v) is 2.42. The number of halogens is 2. The highest BCUT2D eigenvalue weighted by Gasteiger charge is 2.05. The van der Waals surface area contributed by atoms with Crippen molar-refractivity contribution < 1.29 is 9.18 Å². The van der Waals surface area contributed by atoms with E-state index in [0.29, 0.717) is 6.42 Å². The fourth-order valence-corrected chi connectivity index (χ4v) is 1.25. The van der Waals surface area contributed by atoms with E-state index < -0.39 is 5.95 Å². The predicted octanol–water partition coefficient (Wildman–Crippen LogP) is 3.11. The number of nitrogens with one attached hydrogen (secondary N) is 1. The van der Waals surface area contributed by atoms with Gasteiger partial charge in [-0.3, -0.25) is 4.79 Å². The molecule has 0 atom stereocenters. The predicted molar refractivity (Wildman–Crippen MR) is 60.0 cm³/mol. The van der Waals surface area contributed by atoms with Gasteiger partial charge in [-0.1, -0.05) is 13.3 Å². The van der Waals surface area contributed by atoms with E-state index in [2.05, 4.69) is 26.2 Å². The summed E-state index contributed by atoms with van der Waals surface area (Å²) in [5.74, 6) is -0.508. The first-order chi connectivity index (χ1) is 7.13. The Hall–Kier alpha value is -0.970. The lowest BCUT2D eigenvalue weighted by Gasteiger charge is -2.03. The zero-order valence-electron chi connectivity index (χ0n) is 8.39. The van der Waals surface area contributed by atoms with E-state index in [1.807, 2.05) is 6.92 Å². The molecule has 0 unspecified atom stereocenters. The molecule has 0 bridgehead atoms. The number of hydrogen-bond acceptors (Lipinski definition) is 2. The number of carbonyl (C=O) groups is 1. The average Bonchev–Trinajstić information content (AvgIpc) is 2.20. The van der Waals surface area contributed by atoms with Crippen LogP contribution in [0.3, 0.4) is 0 Å². The summed E-state index contributed by atoms with van der Waals surface area (Å²) in [5.41, 5.74) is 0. The fourth-order valence-electron chi connectivity index (χ4n) is 1.03. The first-order valence-electron chi connectivity index (χ1n) is 4.75. The molecule has 15 heavy (non-hydrogen) atoms. The number of aromatic nitrogens is 1. The Morgan fingerprint density at radius 3 is 2.93 bits per heavy atom. The van der Waals surface area contributed by atoms with Gasteiger partial charge in [0.1, 0.15) is 5.82 Å². The Balaban J connectivity index is 2.57. The summed E-state index contributed by atoms with van der Waals surface area (Å²) in [6.45, 7) is 2.00. The highest BCUT2D eigenvalue weighted by atomic mass is 79.9. The number of rotatable bonds is 4. The number of pyridine rings is 1. The maximum atomic E-state index is 13.0. The van der Waals surface area contributed by atoms with Crippen LogP contribution in [0.2, 0.25) is 0 Å². The lowest BCUT2D eigenvalue weighted by atomic mass is 10.2. The Labute approximate surface area is 96.2 Å². The lowest BCUT2D eigenvalue weighted by molar-refractivity contribution is -0.116. The number of hydrogen-bond donors (Lipinski definition) is 1. The molecule has 1 rings (SSSR count). The minimum atomic E-state index is -0.622. The van der Waals surface area contributed by atoms with Gasteiger partial charge in [-0.15, -0.1) is 0 Å².